The fourth-order valence-corrected chi connectivity index (χ4v) is 4.12. The van der Waals surface area contributed by atoms with Crippen LogP contribution in [0.3, 0.4) is 0 Å². The van der Waals surface area contributed by atoms with Crippen LogP contribution in [0.15, 0.2) is 30.3 Å². The summed E-state index contributed by atoms with van der Waals surface area (Å²) in [6, 6.07) is 9.65. The first-order valence-corrected chi connectivity index (χ1v) is 10.7. The Morgan fingerprint density at radius 1 is 1.32 bits per heavy atom. The molecule has 0 saturated carbocycles. The maximum absolute atomic E-state index is 12.1. The second kappa shape index (κ2) is 8.60. The van der Waals surface area contributed by atoms with Crippen LogP contribution in [-0.4, -0.2) is 62.5 Å². The molecule has 2 heterocycles. The Kier molecular flexibility index (Phi) is 6.39. The number of benzene rings is 1. The van der Waals surface area contributed by atoms with Gasteiger partial charge in [0.2, 0.25) is 0 Å². The average Bonchev–Trinajstić information content (AvgIpc) is 2.99. The summed E-state index contributed by atoms with van der Waals surface area (Å²) in [6.07, 6.45) is 0.625. The molecule has 28 heavy (non-hydrogen) atoms. The lowest BCUT2D eigenvalue weighted by molar-refractivity contribution is 0.0183. The van der Waals surface area contributed by atoms with E-state index in [0.717, 1.165) is 22.7 Å². The molecule has 154 valence electrons. The zero-order chi connectivity index (χ0) is 20.3. The van der Waals surface area contributed by atoms with E-state index in [1.807, 2.05) is 49.0 Å². The summed E-state index contributed by atoms with van der Waals surface area (Å²) >= 11 is 0. The molecule has 3 rings (SSSR count). The summed E-state index contributed by atoms with van der Waals surface area (Å²) in [4.78, 5) is 0. The van der Waals surface area contributed by atoms with Gasteiger partial charge in [-0.3, -0.25) is 4.68 Å². The molecule has 1 aromatic carbocycles. The third-order valence-corrected chi connectivity index (χ3v) is 6.43. The van der Waals surface area contributed by atoms with E-state index >= 15 is 0 Å². The van der Waals surface area contributed by atoms with Gasteiger partial charge in [0, 0.05) is 45.3 Å². The van der Waals surface area contributed by atoms with Crippen molar-refractivity contribution >= 4 is 10.2 Å². The topological polar surface area (TPSA) is 85.7 Å². The van der Waals surface area contributed by atoms with Crippen LogP contribution >= 0.6 is 0 Å². The Morgan fingerprint density at radius 3 is 2.64 bits per heavy atom. The van der Waals surface area contributed by atoms with E-state index in [2.05, 4.69) is 9.82 Å². The zero-order valence-corrected chi connectivity index (χ0v) is 17.6. The molecule has 1 saturated heterocycles. The predicted molar refractivity (Wildman–Crippen MR) is 107 cm³/mol. The molecule has 8 nitrogen and oxygen atoms in total. The zero-order valence-electron chi connectivity index (χ0n) is 16.8. The highest BCUT2D eigenvalue weighted by Gasteiger charge is 2.30. The Labute approximate surface area is 166 Å². The quantitative estimate of drug-likeness (QED) is 0.752. The monoisotopic (exact) mass is 408 g/mol. The fourth-order valence-electron chi connectivity index (χ4n) is 3.22. The molecule has 1 aliphatic rings. The summed E-state index contributed by atoms with van der Waals surface area (Å²) in [5.41, 5.74) is 3.08. The molecule has 0 spiro atoms. The van der Waals surface area contributed by atoms with Gasteiger partial charge in [0.05, 0.1) is 24.6 Å². The van der Waals surface area contributed by atoms with Crippen molar-refractivity contribution in [2.45, 2.75) is 19.4 Å². The first-order valence-electron chi connectivity index (χ1n) is 9.27. The molecular formula is C19H28N4O4S. The maximum Gasteiger partial charge on any atom is 0.279 e. The number of aromatic nitrogens is 2. The molecule has 1 aliphatic heterocycles. The molecule has 0 aliphatic carbocycles. The Balaban J connectivity index is 1.63. The van der Waals surface area contributed by atoms with Crippen LogP contribution in [0.2, 0.25) is 0 Å². The largest absolute Gasteiger partial charge is 0.493 e. The van der Waals surface area contributed by atoms with E-state index in [-0.39, 0.29) is 12.0 Å². The second-order valence-electron chi connectivity index (χ2n) is 7.27. The van der Waals surface area contributed by atoms with Gasteiger partial charge in [0.25, 0.3) is 10.2 Å². The van der Waals surface area contributed by atoms with Gasteiger partial charge in [-0.05, 0) is 43.7 Å². The van der Waals surface area contributed by atoms with Crippen molar-refractivity contribution in [2.75, 3.05) is 33.9 Å². The molecule has 1 aromatic heterocycles. The molecule has 9 heteroatoms. The van der Waals surface area contributed by atoms with E-state index < -0.39 is 10.2 Å². The standard InChI is InChI=1S/C19H28N4O4S/c1-14-11-19(23(4)20-14)15-5-7-17(8-6-15)27-13-16-12-26-10-9-18(16)21-28(24,25)22(2)3/h5-8,11,16,18,21H,9-10,12-13H2,1-4H3. The van der Waals surface area contributed by atoms with E-state index in [9.17, 15) is 8.42 Å². The minimum atomic E-state index is -3.49. The Bertz CT molecular complexity index is 893. The molecule has 1 N–H and O–H groups in total. The average molecular weight is 409 g/mol. The summed E-state index contributed by atoms with van der Waals surface area (Å²) < 4.78 is 41.5. The van der Waals surface area contributed by atoms with Gasteiger partial charge in [-0.2, -0.15) is 22.5 Å². The van der Waals surface area contributed by atoms with Crippen LogP contribution in [0.5, 0.6) is 5.75 Å². The molecule has 1 fully saturated rings. The SMILES string of the molecule is Cc1cc(-c2ccc(OCC3COCCC3NS(=O)(=O)N(C)C)cc2)n(C)n1. The van der Waals surface area contributed by atoms with E-state index in [1.54, 1.807) is 0 Å². The Morgan fingerprint density at radius 2 is 2.04 bits per heavy atom. The van der Waals surface area contributed by atoms with E-state index in [4.69, 9.17) is 9.47 Å². The highest BCUT2D eigenvalue weighted by atomic mass is 32.2. The summed E-state index contributed by atoms with van der Waals surface area (Å²) in [6.45, 7) is 3.35. The summed E-state index contributed by atoms with van der Waals surface area (Å²) in [5.74, 6) is 0.685. The number of hydrogen-bond acceptors (Lipinski definition) is 5. The van der Waals surface area contributed by atoms with Crippen molar-refractivity contribution in [2.24, 2.45) is 13.0 Å². The van der Waals surface area contributed by atoms with Gasteiger partial charge in [-0.25, -0.2) is 0 Å². The highest BCUT2D eigenvalue weighted by molar-refractivity contribution is 7.87. The lowest BCUT2D eigenvalue weighted by atomic mass is 9.98. The first-order chi connectivity index (χ1) is 13.3. The van der Waals surface area contributed by atoms with Gasteiger partial charge < -0.3 is 9.47 Å². The number of nitrogens with one attached hydrogen (secondary N) is 1. The number of rotatable bonds is 7. The van der Waals surface area contributed by atoms with Crippen LogP contribution in [0, 0.1) is 12.8 Å². The van der Waals surface area contributed by atoms with Crippen molar-refractivity contribution in [3.8, 4) is 17.0 Å². The lowest BCUT2D eigenvalue weighted by Gasteiger charge is -2.32. The van der Waals surface area contributed by atoms with Crippen molar-refractivity contribution in [3.63, 3.8) is 0 Å². The predicted octanol–water partition coefficient (Wildman–Crippen LogP) is 1.58. The van der Waals surface area contributed by atoms with Crippen LogP contribution in [-0.2, 0) is 22.0 Å². The molecular weight excluding hydrogens is 380 g/mol. The summed E-state index contributed by atoms with van der Waals surface area (Å²) in [5, 5.41) is 4.37. The van der Waals surface area contributed by atoms with Gasteiger partial charge in [-0.15, -0.1) is 0 Å². The van der Waals surface area contributed by atoms with Crippen LogP contribution < -0.4 is 9.46 Å². The maximum atomic E-state index is 12.1. The van der Waals surface area contributed by atoms with Crippen molar-refractivity contribution in [1.82, 2.24) is 18.8 Å². The molecule has 0 amide bonds. The van der Waals surface area contributed by atoms with Gasteiger partial charge in [0.15, 0.2) is 0 Å². The molecule has 2 unspecified atom stereocenters. The van der Waals surface area contributed by atoms with Gasteiger partial charge in [0.1, 0.15) is 5.75 Å². The first kappa shape index (κ1) is 20.8. The number of nitrogens with zero attached hydrogens (tertiary/aromatic N) is 3. The van der Waals surface area contributed by atoms with Crippen LogP contribution in [0.4, 0.5) is 0 Å². The van der Waals surface area contributed by atoms with Crippen LogP contribution in [0.25, 0.3) is 11.3 Å². The Hall–Kier alpha value is -1.94. The van der Waals surface area contributed by atoms with Crippen LogP contribution in [0.1, 0.15) is 12.1 Å². The lowest BCUT2D eigenvalue weighted by Crippen LogP contribution is -2.50. The molecule has 2 aromatic rings. The van der Waals surface area contributed by atoms with E-state index in [1.165, 1.54) is 18.4 Å². The van der Waals surface area contributed by atoms with Crippen molar-refractivity contribution < 1.29 is 17.9 Å². The van der Waals surface area contributed by atoms with Crippen molar-refractivity contribution in [3.05, 3.63) is 36.0 Å². The molecule has 0 radical (unpaired) electrons. The summed E-state index contributed by atoms with van der Waals surface area (Å²) in [7, 11) is 1.46. The third-order valence-electron chi connectivity index (χ3n) is 4.87. The second-order valence-corrected chi connectivity index (χ2v) is 9.18. The minimum Gasteiger partial charge on any atom is -0.493 e. The van der Waals surface area contributed by atoms with Gasteiger partial charge in [-0.1, -0.05) is 0 Å². The molecule has 2 atom stereocenters. The van der Waals surface area contributed by atoms with Gasteiger partial charge >= 0.3 is 0 Å². The fraction of sp³-hybridized carbons (Fsp3) is 0.526. The van der Waals surface area contributed by atoms with E-state index in [0.29, 0.717) is 26.2 Å². The van der Waals surface area contributed by atoms with Crippen molar-refractivity contribution in [1.29, 1.82) is 0 Å². The number of ether oxygens (including phenoxy) is 2. The number of aryl methyl sites for hydroxylation is 2. The smallest absolute Gasteiger partial charge is 0.279 e. The number of hydrogen-bond donors (Lipinski definition) is 1. The minimum absolute atomic E-state index is 0.0529. The highest BCUT2D eigenvalue weighted by Crippen LogP contribution is 2.24. The molecule has 0 bridgehead atoms. The normalized spacial score (nSPS) is 20.5. The third kappa shape index (κ3) is 4.91.